The first-order valence-corrected chi connectivity index (χ1v) is 24.4. The maximum Gasteiger partial charge on any atom is 0.288 e. The minimum Gasteiger partial charge on any atom is -0.492 e. The summed E-state index contributed by atoms with van der Waals surface area (Å²) in [6, 6.07) is 58.5. The van der Waals surface area contributed by atoms with Gasteiger partial charge in [-0.15, -0.1) is 0 Å². The zero-order valence-corrected chi connectivity index (χ0v) is 40.8. The summed E-state index contributed by atoms with van der Waals surface area (Å²) in [6.45, 7) is 4.12. The third-order valence-electron chi connectivity index (χ3n) is 12.6. The molecule has 0 aliphatic rings. The van der Waals surface area contributed by atoms with Gasteiger partial charge in [-0.25, -0.2) is 0 Å². The Kier molecular flexibility index (Phi) is 16.0. The number of aromatic amines is 2. The number of aliphatic hydroxyl groups excluding tert-OH is 2. The molecule has 0 aliphatic heterocycles. The maximum absolute atomic E-state index is 11.3. The zero-order valence-electron chi connectivity index (χ0n) is 39.3. The van der Waals surface area contributed by atoms with Crippen LogP contribution in [0, 0.1) is 10.1 Å². The highest BCUT2D eigenvalue weighted by Crippen LogP contribution is 2.32. The Bertz CT molecular complexity index is 3420. The van der Waals surface area contributed by atoms with Gasteiger partial charge in [0.1, 0.15) is 29.7 Å². The number of nitrogens with one attached hydrogen (secondary N) is 2. The summed E-state index contributed by atoms with van der Waals surface area (Å²) >= 11 is 12.0. The number of aliphatic hydroxyl groups is 2. The van der Waals surface area contributed by atoms with Crippen LogP contribution < -0.4 is 15.2 Å². The number of nitrogens with two attached hydrogens (primary N) is 1. The molecule has 6 N–H and O–H groups in total. The number of hydrogen-bond acceptors (Lipinski definition) is 9. The van der Waals surface area contributed by atoms with E-state index in [1.54, 1.807) is 18.2 Å². The summed E-state index contributed by atoms with van der Waals surface area (Å²) in [7, 11) is 0. The minimum absolute atomic E-state index is 0.0439. The Morgan fingerprint density at radius 2 is 0.958 bits per heavy atom. The van der Waals surface area contributed by atoms with Crippen molar-refractivity contribution in [1.82, 2.24) is 19.8 Å². The van der Waals surface area contributed by atoms with Gasteiger partial charge in [0.2, 0.25) is 0 Å². The van der Waals surface area contributed by atoms with Gasteiger partial charge in [0.25, 0.3) is 5.69 Å². The van der Waals surface area contributed by atoms with Crippen LogP contribution in [0.5, 0.6) is 11.5 Å². The van der Waals surface area contributed by atoms with E-state index in [1.807, 2.05) is 103 Å². The summed E-state index contributed by atoms with van der Waals surface area (Å²) in [5.74, 6) is 1.57. The lowest BCUT2D eigenvalue weighted by atomic mass is 10.1. The van der Waals surface area contributed by atoms with E-state index in [-0.39, 0.29) is 17.3 Å². The molecule has 72 heavy (non-hydrogen) atoms. The van der Waals surface area contributed by atoms with Gasteiger partial charge in [-0.05, 0) is 76.9 Å². The normalized spacial score (nSPS) is 12.4. The molecular formula is C58H54Cl2N6O6. The van der Waals surface area contributed by atoms with Gasteiger partial charge >= 0.3 is 0 Å². The first-order valence-electron chi connectivity index (χ1n) is 23.7. The molecule has 0 aliphatic carbocycles. The molecule has 2 aromatic heterocycles. The number of nitrogens with zero attached hydrogens (tertiary/aromatic N) is 3. The van der Waals surface area contributed by atoms with Crippen LogP contribution in [-0.2, 0) is 13.1 Å². The number of hydrogen-bond donors (Lipinski definition) is 5. The lowest BCUT2D eigenvalue weighted by Crippen LogP contribution is -2.32. The Labute approximate surface area is 426 Å². The minimum atomic E-state index is -0.928. The molecule has 0 saturated carbocycles. The number of nitrogen functional groups attached to an aromatic ring is 1. The first-order chi connectivity index (χ1) is 35.0. The predicted molar refractivity (Wildman–Crippen MR) is 290 cm³/mol. The van der Waals surface area contributed by atoms with Crippen LogP contribution in [0.3, 0.4) is 0 Å². The van der Waals surface area contributed by atoms with Crippen LogP contribution in [0.2, 0.25) is 10.0 Å². The molecule has 10 aromatic rings. The van der Waals surface area contributed by atoms with E-state index in [9.17, 15) is 20.3 Å². The van der Waals surface area contributed by atoms with E-state index >= 15 is 0 Å². The molecule has 0 bridgehead atoms. The molecule has 0 spiro atoms. The number of fused-ring (bicyclic) bond motifs is 6. The van der Waals surface area contributed by atoms with Crippen LogP contribution in [0.15, 0.2) is 182 Å². The van der Waals surface area contributed by atoms with Gasteiger partial charge < -0.3 is 35.4 Å². The first kappa shape index (κ1) is 49.6. The molecule has 2 heterocycles. The van der Waals surface area contributed by atoms with E-state index < -0.39 is 17.1 Å². The number of H-pyrrole nitrogens is 2. The van der Waals surface area contributed by atoms with Crippen molar-refractivity contribution in [2.24, 2.45) is 0 Å². The van der Waals surface area contributed by atoms with Crippen molar-refractivity contribution < 1.29 is 24.6 Å². The van der Waals surface area contributed by atoms with Gasteiger partial charge in [-0.1, -0.05) is 132 Å². The van der Waals surface area contributed by atoms with E-state index in [0.29, 0.717) is 62.2 Å². The van der Waals surface area contributed by atoms with Gasteiger partial charge in [-0.3, -0.25) is 19.9 Å². The van der Waals surface area contributed by atoms with E-state index in [2.05, 4.69) is 68.3 Å². The van der Waals surface area contributed by atoms with Crippen molar-refractivity contribution >= 4 is 78.2 Å². The Morgan fingerprint density at radius 3 is 1.43 bits per heavy atom. The van der Waals surface area contributed by atoms with Crippen LogP contribution in [0.25, 0.3) is 43.6 Å². The second-order valence-corrected chi connectivity index (χ2v) is 18.5. The van der Waals surface area contributed by atoms with Crippen LogP contribution in [-0.4, -0.2) is 74.3 Å². The average Bonchev–Trinajstić information content (AvgIpc) is 3.95. The third-order valence-corrected chi connectivity index (χ3v) is 13.3. The van der Waals surface area contributed by atoms with Crippen LogP contribution >= 0.6 is 23.2 Å². The van der Waals surface area contributed by atoms with Crippen molar-refractivity contribution in [1.29, 1.82) is 0 Å². The number of para-hydroxylation sites is 2. The highest BCUT2D eigenvalue weighted by molar-refractivity contribution is 6.33. The lowest BCUT2D eigenvalue weighted by molar-refractivity contribution is -0.384. The molecule has 2 atom stereocenters. The van der Waals surface area contributed by atoms with E-state index in [1.165, 1.54) is 33.9 Å². The second kappa shape index (κ2) is 23.2. The summed E-state index contributed by atoms with van der Waals surface area (Å²) in [6.07, 6.45) is -1.62. The van der Waals surface area contributed by atoms with Crippen molar-refractivity contribution in [2.75, 3.05) is 45.1 Å². The number of nitro groups is 1. The highest BCUT2D eigenvalue weighted by atomic mass is 35.5. The number of nitro benzene ring substituents is 1. The van der Waals surface area contributed by atoms with Crippen molar-refractivity contribution in [3.63, 3.8) is 0 Å². The molecule has 0 saturated heterocycles. The van der Waals surface area contributed by atoms with Gasteiger partial charge in [0.05, 0.1) is 38.9 Å². The van der Waals surface area contributed by atoms with Crippen molar-refractivity contribution in [3.8, 4) is 11.5 Å². The zero-order chi connectivity index (χ0) is 50.0. The van der Waals surface area contributed by atoms with E-state index in [0.717, 1.165) is 50.1 Å². The lowest BCUT2D eigenvalue weighted by Gasteiger charge is -2.25. The number of aromatic nitrogens is 2. The summed E-state index contributed by atoms with van der Waals surface area (Å²) in [5.41, 5.74) is 13.9. The smallest absolute Gasteiger partial charge is 0.288 e. The van der Waals surface area contributed by atoms with Crippen molar-refractivity contribution in [3.05, 3.63) is 224 Å². The molecule has 366 valence electrons. The molecule has 0 amide bonds. The predicted octanol–water partition coefficient (Wildman–Crippen LogP) is 12.7. The van der Waals surface area contributed by atoms with Gasteiger partial charge in [0, 0.05) is 90.0 Å². The number of anilines is 1. The van der Waals surface area contributed by atoms with Gasteiger partial charge in [0.15, 0.2) is 0 Å². The number of rotatable bonds is 19. The third kappa shape index (κ3) is 12.4. The largest absolute Gasteiger partial charge is 0.492 e. The molecule has 2 unspecified atom stereocenters. The van der Waals surface area contributed by atoms with Crippen LogP contribution in [0.4, 0.5) is 11.4 Å². The summed E-state index contributed by atoms with van der Waals surface area (Å²) in [4.78, 5) is 21.9. The molecule has 0 fully saturated rings. The number of benzene rings is 8. The molecule has 8 aromatic carbocycles. The fourth-order valence-corrected chi connectivity index (χ4v) is 9.24. The molecule has 10 rings (SSSR count). The number of ether oxygens (including phenoxy) is 2. The Hall–Kier alpha value is -7.42. The van der Waals surface area contributed by atoms with Crippen molar-refractivity contribution in [2.45, 2.75) is 25.3 Å². The monoisotopic (exact) mass is 1000 g/mol. The molecular weight excluding hydrogens is 948 g/mol. The Balaban J connectivity index is 0.000000178. The Morgan fingerprint density at radius 1 is 0.528 bits per heavy atom. The van der Waals surface area contributed by atoms with Crippen LogP contribution in [0.1, 0.15) is 34.5 Å². The quantitative estimate of drug-likeness (QED) is 0.0301. The topological polar surface area (TPSA) is 166 Å². The average molecular weight is 1000 g/mol. The summed E-state index contributed by atoms with van der Waals surface area (Å²) in [5, 5.41) is 38.3. The molecule has 0 radical (unpaired) electrons. The SMILES string of the molecule is Nc1cc(C(O)CN(CCOc2ccc3c(c2)[nH]c2ccccc23)Cc2ccccc2)ccc1Cl.O=[N+]([O-])c1cc(C(O)CN(CCOc2ccc3c(c2)[nH]c2ccccc23)Cc2ccccc2)ccc1Cl. The fraction of sp³-hybridized carbons (Fsp3) is 0.172. The standard InChI is InChI=1S/C29H26ClN3O4.C29H28ClN3O2/c30-25-13-10-21(16-28(25)33(35)36)29(34)19-32(18-20-6-2-1-3-7-20)14-15-37-22-11-12-24-23-8-4-5-9-26(23)31-27(24)17-22;30-25-13-10-21(16-26(25)31)29(34)19-33(18-20-6-2-1-3-7-20)14-15-35-22-11-12-24-23-8-4-5-9-27(23)32-28(24)17-22/h1-13,16-17,29,31,34H,14-15,18-19H2;1-13,16-17,29,32,34H,14-15,18-19,31H2. The molecule has 14 heteroatoms. The number of halogens is 2. The van der Waals surface area contributed by atoms with E-state index in [4.69, 9.17) is 38.4 Å². The van der Waals surface area contributed by atoms with Gasteiger partial charge in [-0.2, -0.15) is 0 Å². The maximum atomic E-state index is 11.3. The summed E-state index contributed by atoms with van der Waals surface area (Å²) < 4.78 is 12.2. The fourth-order valence-electron chi connectivity index (χ4n) is 8.93. The molecule has 12 nitrogen and oxygen atoms in total. The second-order valence-electron chi connectivity index (χ2n) is 17.7. The highest BCUT2D eigenvalue weighted by Gasteiger charge is 2.20.